The van der Waals surface area contributed by atoms with E-state index in [1.165, 1.54) is 0 Å². The van der Waals surface area contributed by atoms with Crippen LogP contribution in [0.4, 0.5) is 0 Å². The number of nitrogens with zero attached hydrogens (tertiary/aromatic N) is 1. The molecule has 1 heterocycles. The van der Waals surface area contributed by atoms with Gasteiger partial charge in [-0.1, -0.05) is 43.7 Å². The molecule has 0 spiro atoms. The minimum absolute atomic E-state index is 0.0666. The first kappa shape index (κ1) is 15.7. The van der Waals surface area contributed by atoms with Gasteiger partial charge in [0.1, 0.15) is 12.4 Å². The van der Waals surface area contributed by atoms with Crippen molar-refractivity contribution in [3.63, 3.8) is 0 Å². The van der Waals surface area contributed by atoms with E-state index in [9.17, 15) is 9.59 Å². The molecule has 1 saturated heterocycles. The van der Waals surface area contributed by atoms with Gasteiger partial charge in [-0.3, -0.25) is 14.5 Å². The van der Waals surface area contributed by atoms with E-state index in [1.54, 1.807) is 6.92 Å². The Morgan fingerprint density at radius 3 is 2.52 bits per heavy atom. The standard InChI is InChI=1S/C17H23NO3/c1-3-15-9-18(10-16(15)13(2)19)11-17(20)21-12-14-7-5-4-6-8-14/h4-8,15-16H,3,9-12H2,1-2H3. The van der Waals surface area contributed by atoms with E-state index < -0.39 is 0 Å². The topological polar surface area (TPSA) is 46.6 Å². The van der Waals surface area contributed by atoms with Gasteiger partial charge in [0.25, 0.3) is 0 Å². The molecule has 2 rings (SSSR count). The first-order chi connectivity index (χ1) is 10.1. The number of esters is 1. The number of carbonyl (C=O) groups is 2. The third-order valence-corrected chi connectivity index (χ3v) is 4.16. The normalized spacial score (nSPS) is 22.2. The minimum atomic E-state index is -0.224. The number of ketones is 1. The van der Waals surface area contributed by atoms with Gasteiger partial charge < -0.3 is 4.74 Å². The molecule has 114 valence electrons. The summed E-state index contributed by atoms with van der Waals surface area (Å²) in [6.07, 6.45) is 0.972. The average molecular weight is 289 g/mol. The number of hydrogen-bond acceptors (Lipinski definition) is 4. The molecule has 1 aliphatic heterocycles. The van der Waals surface area contributed by atoms with Crippen molar-refractivity contribution in [3.05, 3.63) is 35.9 Å². The Morgan fingerprint density at radius 2 is 1.95 bits per heavy atom. The fourth-order valence-electron chi connectivity index (χ4n) is 2.93. The highest BCUT2D eigenvalue weighted by molar-refractivity contribution is 5.79. The highest BCUT2D eigenvalue weighted by Gasteiger charge is 2.35. The minimum Gasteiger partial charge on any atom is -0.460 e. The summed E-state index contributed by atoms with van der Waals surface area (Å²) in [5.41, 5.74) is 0.986. The molecular weight excluding hydrogens is 266 g/mol. The van der Waals surface area contributed by atoms with Crippen LogP contribution in [0.1, 0.15) is 25.8 Å². The molecular formula is C17H23NO3. The van der Waals surface area contributed by atoms with Gasteiger partial charge in [-0.25, -0.2) is 0 Å². The average Bonchev–Trinajstić information content (AvgIpc) is 2.89. The summed E-state index contributed by atoms with van der Waals surface area (Å²) in [5, 5.41) is 0. The van der Waals surface area contributed by atoms with Gasteiger partial charge in [0.2, 0.25) is 0 Å². The highest BCUT2D eigenvalue weighted by atomic mass is 16.5. The Hall–Kier alpha value is -1.68. The Kier molecular flexibility index (Phi) is 5.51. The van der Waals surface area contributed by atoms with Crippen LogP contribution in [0.15, 0.2) is 30.3 Å². The molecule has 4 nitrogen and oxygen atoms in total. The number of benzene rings is 1. The molecule has 2 unspecified atom stereocenters. The van der Waals surface area contributed by atoms with Crippen molar-refractivity contribution in [1.82, 2.24) is 4.90 Å². The van der Waals surface area contributed by atoms with Crippen LogP contribution in [-0.4, -0.2) is 36.3 Å². The monoisotopic (exact) mass is 289 g/mol. The van der Waals surface area contributed by atoms with Gasteiger partial charge >= 0.3 is 5.97 Å². The third-order valence-electron chi connectivity index (χ3n) is 4.16. The second-order valence-electron chi connectivity index (χ2n) is 5.73. The molecule has 0 N–H and O–H groups in total. The van der Waals surface area contributed by atoms with E-state index in [4.69, 9.17) is 4.74 Å². The van der Waals surface area contributed by atoms with Gasteiger partial charge in [0, 0.05) is 19.0 Å². The lowest BCUT2D eigenvalue weighted by Gasteiger charge is -2.14. The van der Waals surface area contributed by atoms with Gasteiger partial charge in [-0.05, 0) is 18.4 Å². The zero-order chi connectivity index (χ0) is 15.2. The number of likely N-dealkylation sites (tertiary alicyclic amines) is 1. The number of hydrogen-bond donors (Lipinski definition) is 0. The summed E-state index contributed by atoms with van der Waals surface area (Å²) >= 11 is 0. The van der Waals surface area contributed by atoms with Crippen molar-refractivity contribution >= 4 is 11.8 Å². The van der Waals surface area contributed by atoms with Crippen LogP contribution < -0.4 is 0 Å². The van der Waals surface area contributed by atoms with Crippen molar-refractivity contribution in [2.45, 2.75) is 26.9 Å². The predicted molar refractivity (Wildman–Crippen MR) is 80.6 cm³/mol. The van der Waals surface area contributed by atoms with E-state index >= 15 is 0 Å². The van der Waals surface area contributed by atoms with Crippen LogP contribution in [0.5, 0.6) is 0 Å². The maximum Gasteiger partial charge on any atom is 0.320 e. The molecule has 2 atom stereocenters. The van der Waals surface area contributed by atoms with Crippen molar-refractivity contribution in [1.29, 1.82) is 0 Å². The van der Waals surface area contributed by atoms with E-state index in [-0.39, 0.29) is 24.2 Å². The van der Waals surface area contributed by atoms with Gasteiger partial charge in [-0.15, -0.1) is 0 Å². The van der Waals surface area contributed by atoms with Crippen molar-refractivity contribution in [2.75, 3.05) is 19.6 Å². The molecule has 0 bridgehead atoms. The number of ether oxygens (including phenoxy) is 1. The Morgan fingerprint density at radius 1 is 1.24 bits per heavy atom. The van der Waals surface area contributed by atoms with Crippen molar-refractivity contribution in [3.8, 4) is 0 Å². The lowest BCUT2D eigenvalue weighted by atomic mass is 9.91. The fraction of sp³-hybridized carbons (Fsp3) is 0.529. The summed E-state index contributed by atoms with van der Waals surface area (Å²) in [5.74, 6) is 0.432. The molecule has 0 aromatic heterocycles. The Balaban J connectivity index is 1.79. The first-order valence-corrected chi connectivity index (χ1v) is 7.52. The van der Waals surface area contributed by atoms with Crippen LogP contribution in [0.25, 0.3) is 0 Å². The van der Waals surface area contributed by atoms with E-state index in [2.05, 4.69) is 6.92 Å². The second kappa shape index (κ2) is 7.36. The van der Waals surface area contributed by atoms with E-state index in [1.807, 2.05) is 35.2 Å². The van der Waals surface area contributed by atoms with Crippen LogP contribution in [0, 0.1) is 11.8 Å². The molecule has 4 heteroatoms. The molecule has 0 amide bonds. The Bertz CT molecular complexity index is 486. The lowest BCUT2D eigenvalue weighted by Crippen LogP contribution is -2.29. The van der Waals surface area contributed by atoms with Crippen LogP contribution in [0.3, 0.4) is 0 Å². The summed E-state index contributed by atoms with van der Waals surface area (Å²) < 4.78 is 5.29. The third kappa shape index (κ3) is 4.39. The number of carbonyl (C=O) groups excluding carboxylic acids is 2. The predicted octanol–water partition coefficient (Wildman–Crippen LogP) is 2.28. The second-order valence-corrected chi connectivity index (χ2v) is 5.73. The van der Waals surface area contributed by atoms with Gasteiger partial charge in [0.15, 0.2) is 0 Å². The smallest absolute Gasteiger partial charge is 0.320 e. The molecule has 21 heavy (non-hydrogen) atoms. The molecule has 0 aliphatic carbocycles. The lowest BCUT2D eigenvalue weighted by molar-refractivity contribution is -0.146. The summed E-state index contributed by atoms with van der Waals surface area (Å²) in [6.45, 7) is 5.80. The van der Waals surface area contributed by atoms with Crippen LogP contribution in [0.2, 0.25) is 0 Å². The summed E-state index contributed by atoms with van der Waals surface area (Å²) in [4.78, 5) is 25.5. The van der Waals surface area contributed by atoms with E-state index in [0.29, 0.717) is 19.1 Å². The first-order valence-electron chi connectivity index (χ1n) is 7.52. The number of Topliss-reactive ketones (excluding diaryl/α,β-unsaturated/α-hetero) is 1. The molecule has 0 saturated carbocycles. The van der Waals surface area contributed by atoms with Crippen molar-refractivity contribution in [2.24, 2.45) is 11.8 Å². The molecule has 1 fully saturated rings. The molecule has 1 aromatic rings. The van der Waals surface area contributed by atoms with Crippen LogP contribution >= 0.6 is 0 Å². The molecule has 1 aliphatic rings. The van der Waals surface area contributed by atoms with Gasteiger partial charge in [0.05, 0.1) is 6.54 Å². The largest absolute Gasteiger partial charge is 0.460 e. The summed E-state index contributed by atoms with van der Waals surface area (Å²) in [7, 11) is 0. The molecule has 1 aromatic carbocycles. The quantitative estimate of drug-likeness (QED) is 0.754. The zero-order valence-corrected chi connectivity index (χ0v) is 12.7. The van der Waals surface area contributed by atoms with Crippen molar-refractivity contribution < 1.29 is 14.3 Å². The highest BCUT2D eigenvalue weighted by Crippen LogP contribution is 2.26. The number of rotatable bonds is 6. The fourth-order valence-corrected chi connectivity index (χ4v) is 2.93. The zero-order valence-electron chi connectivity index (χ0n) is 12.7. The van der Waals surface area contributed by atoms with E-state index in [0.717, 1.165) is 18.5 Å². The maximum atomic E-state index is 11.9. The Labute approximate surface area is 126 Å². The maximum absolute atomic E-state index is 11.9. The molecule has 0 radical (unpaired) electrons. The van der Waals surface area contributed by atoms with Gasteiger partial charge in [-0.2, -0.15) is 0 Å². The summed E-state index contributed by atoms with van der Waals surface area (Å²) in [6, 6.07) is 9.65. The van der Waals surface area contributed by atoms with Crippen LogP contribution in [-0.2, 0) is 20.9 Å². The SMILES string of the molecule is CCC1CN(CC(=O)OCc2ccccc2)CC1C(C)=O.